The van der Waals surface area contributed by atoms with Crippen LogP contribution < -0.4 is 4.90 Å². The summed E-state index contributed by atoms with van der Waals surface area (Å²) in [6.07, 6.45) is 7.87. The van der Waals surface area contributed by atoms with Crippen LogP contribution in [0.4, 0.5) is 10.5 Å². The molecule has 0 bridgehead atoms. The first-order chi connectivity index (χ1) is 15.0. The molecule has 2 fully saturated rings. The topological polar surface area (TPSA) is 53.1 Å². The van der Waals surface area contributed by atoms with Crippen LogP contribution in [-0.4, -0.2) is 67.7 Å². The Morgan fingerprint density at radius 1 is 1.03 bits per heavy atom. The summed E-state index contributed by atoms with van der Waals surface area (Å²) in [4.78, 5) is 31.3. The Hall–Kier alpha value is -2.08. The zero-order valence-electron chi connectivity index (χ0n) is 19.1. The van der Waals surface area contributed by atoms with Gasteiger partial charge < -0.3 is 14.5 Å². The first-order valence-electron chi connectivity index (χ1n) is 12.1. The Balaban J connectivity index is 1.31. The minimum atomic E-state index is -0.0811. The number of rotatable bonds is 6. The van der Waals surface area contributed by atoms with Gasteiger partial charge in [0, 0.05) is 44.3 Å². The molecule has 1 aliphatic carbocycles. The fourth-order valence-electron chi connectivity index (χ4n) is 5.42. The summed E-state index contributed by atoms with van der Waals surface area (Å²) in [5, 5.41) is 0. The van der Waals surface area contributed by atoms with Gasteiger partial charge in [0.2, 0.25) is 0 Å². The van der Waals surface area contributed by atoms with Gasteiger partial charge in [-0.1, -0.05) is 6.07 Å². The fourth-order valence-corrected chi connectivity index (χ4v) is 5.42. The second-order valence-electron chi connectivity index (χ2n) is 9.40. The van der Waals surface area contributed by atoms with Crippen LogP contribution in [0.3, 0.4) is 0 Å². The molecule has 6 heteroatoms. The molecule has 1 saturated carbocycles. The zero-order chi connectivity index (χ0) is 21.8. The summed E-state index contributed by atoms with van der Waals surface area (Å²) in [5.41, 5.74) is 3.88. The Morgan fingerprint density at radius 2 is 1.77 bits per heavy atom. The molecular weight excluding hydrogens is 390 g/mol. The number of hydrogen-bond acceptors (Lipinski definition) is 4. The van der Waals surface area contributed by atoms with Crippen molar-refractivity contribution in [3.8, 4) is 0 Å². The van der Waals surface area contributed by atoms with E-state index >= 15 is 0 Å². The number of amides is 2. The summed E-state index contributed by atoms with van der Waals surface area (Å²) in [5.74, 6) is 0.500. The van der Waals surface area contributed by atoms with Gasteiger partial charge in [0.15, 0.2) is 0 Å². The van der Waals surface area contributed by atoms with E-state index in [4.69, 9.17) is 4.74 Å². The lowest BCUT2D eigenvalue weighted by Gasteiger charge is -2.34. The van der Waals surface area contributed by atoms with Crippen molar-refractivity contribution in [2.24, 2.45) is 5.92 Å². The number of urea groups is 1. The van der Waals surface area contributed by atoms with E-state index in [1.165, 1.54) is 11.1 Å². The molecule has 3 aliphatic rings. The molecule has 1 aromatic rings. The maximum atomic E-state index is 13.2. The molecule has 2 amide bonds. The highest BCUT2D eigenvalue weighted by Gasteiger charge is 2.36. The normalized spacial score (nSPS) is 24.8. The number of carbonyl (C=O) groups excluding carboxylic acids is 2. The monoisotopic (exact) mass is 427 g/mol. The van der Waals surface area contributed by atoms with Gasteiger partial charge in [-0.05, 0) is 88.1 Å². The molecular formula is C25H37N3O3. The Kier molecular flexibility index (Phi) is 7.16. The first-order valence-corrected chi connectivity index (χ1v) is 12.1. The lowest BCUT2D eigenvalue weighted by atomic mass is 9.83. The Labute approximate surface area is 186 Å². The number of ether oxygens (including phenoxy) is 1. The molecule has 0 spiro atoms. The minimum Gasteiger partial charge on any atom is -0.466 e. The summed E-state index contributed by atoms with van der Waals surface area (Å²) in [6.45, 7) is 6.09. The first kappa shape index (κ1) is 22.1. The number of carbonyl (C=O) groups is 2. The van der Waals surface area contributed by atoms with Crippen molar-refractivity contribution in [2.45, 2.75) is 64.3 Å². The van der Waals surface area contributed by atoms with Crippen molar-refractivity contribution >= 4 is 17.7 Å². The molecule has 0 unspecified atom stereocenters. The quantitative estimate of drug-likeness (QED) is 0.647. The molecule has 2 heterocycles. The molecule has 6 nitrogen and oxygen atoms in total. The van der Waals surface area contributed by atoms with E-state index in [-0.39, 0.29) is 12.0 Å². The number of esters is 1. The van der Waals surface area contributed by atoms with E-state index in [0.717, 1.165) is 76.8 Å². The van der Waals surface area contributed by atoms with Crippen LogP contribution in [-0.2, 0) is 22.4 Å². The van der Waals surface area contributed by atoms with E-state index in [1.54, 1.807) is 0 Å². The van der Waals surface area contributed by atoms with Crippen LogP contribution in [0.15, 0.2) is 18.2 Å². The number of benzene rings is 1. The van der Waals surface area contributed by atoms with Gasteiger partial charge in [-0.2, -0.15) is 0 Å². The van der Waals surface area contributed by atoms with Crippen molar-refractivity contribution in [1.29, 1.82) is 0 Å². The van der Waals surface area contributed by atoms with E-state index in [2.05, 4.69) is 35.0 Å². The highest BCUT2D eigenvalue weighted by Crippen LogP contribution is 2.33. The molecule has 1 aromatic carbocycles. The van der Waals surface area contributed by atoms with Crippen molar-refractivity contribution in [2.75, 3.05) is 44.7 Å². The molecule has 4 rings (SSSR count). The summed E-state index contributed by atoms with van der Waals surface area (Å²) >= 11 is 0. The summed E-state index contributed by atoms with van der Waals surface area (Å²) < 4.78 is 5.05. The summed E-state index contributed by atoms with van der Waals surface area (Å²) in [6, 6.07) is 7.13. The van der Waals surface area contributed by atoms with E-state index in [0.29, 0.717) is 25.0 Å². The third kappa shape index (κ3) is 5.22. The van der Waals surface area contributed by atoms with Crippen LogP contribution in [0, 0.1) is 5.92 Å². The Morgan fingerprint density at radius 3 is 2.52 bits per heavy atom. The van der Waals surface area contributed by atoms with Crippen LogP contribution in [0.5, 0.6) is 0 Å². The highest BCUT2D eigenvalue weighted by molar-refractivity contribution is 5.94. The van der Waals surface area contributed by atoms with Crippen LogP contribution in [0.2, 0.25) is 0 Å². The van der Waals surface area contributed by atoms with E-state index in [1.807, 2.05) is 11.8 Å². The molecule has 0 aromatic heterocycles. The number of nitrogens with zero attached hydrogens (tertiary/aromatic N) is 3. The smallest absolute Gasteiger partial charge is 0.324 e. The fraction of sp³-hybridized carbons (Fsp3) is 0.680. The molecule has 0 N–H and O–H groups in total. The second-order valence-corrected chi connectivity index (χ2v) is 9.40. The van der Waals surface area contributed by atoms with Crippen molar-refractivity contribution in [1.82, 2.24) is 9.80 Å². The van der Waals surface area contributed by atoms with Gasteiger partial charge >= 0.3 is 12.0 Å². The molecule has 1 saturated heterocycles. The lowest BCUT2D eigenvalue weighted by molar-refractivity contribution is -0.143. The van der Waals surface area contributed by atoms with Gasteiger partial charge in [-0.3, -0.25) is 9.69 Å². The third-order valence-corrected chi connectivity index (χ3v) is 7.39. The highest BCUT2D eigenvalue weighted by atomic mass is 16.5. The standard InChI is InChI=1S/C25H37N3O3/c1-3-31-24(29)11-6-19-4-8-22(9-5-19)27-16-17-28(25(27)30)23-10-7-20-12-14-26(2)15-13-21(20)18-23/h7,10,18-19,22H,3-6,8-9,11-17H2,1-2H3. The maximum Gasteiger partial charge on any atom is 0.324 e. The van der Waals surface area contributed by atoms with Gasteiger partial charge in [-0.15, -0.1) is 0 Å². The molecule has 2 aliphatic heterocycles. The second kappa shape index (κ2) is 10.0. The zero-order valence-corrected chi connectivity index (χ0v) is 19.1. The molecule has 31 heavy (non-hydrogen) atoms. The van der Waals surface area contributed by atoms with Crippen molar-refractivity contribution in [3.63, 3.8) is 0 Å². The molecule has 0 radical (unpaired) electrons. The minimum absolute atomic E-state index is 0.0811. The lowest BCUT2D eigenvalue weighted by Crippen LogP contribution is -2.41. The van der Waals surface area contributed by atoms with Gasteiger partial charge in [0.05, 0.1) is 6.61 Å². The SMILES string of the molecule is CCOC(=O)CCC1CCC(N2CCN(c3ccc4c(c3)CCN(C)CC4)C2=O)CC1. The molecule has 170 valence electrons. The number of likely N-dealkylation sites (N-methyl/N-ethyl adjacent to an activating group) is 1. The summed E-state index contributed by atoms with van der Waals surface area (Å²) in [7, 11) is 2.18. The van der Waals surface area contributed by atoms with Gasteiger partial charge in [0.1, 0.15) is 0 Å². The van der Waals surface area contributed by atoms with Gasteiger partial charge in [-0.25, -0.2) is 4.79 Å². The number of anilines is 1. The van der Waals surface area contributed by atoms with Crippen LogP contribution >= 0.6 is 0 Å². The van der Waals surface area contributed by atoms with Crippen molar-refractivity contribution < 1.29 is 14.3 Å². The van der Waals surface area contributed by atoms with Crippen LogP contribution in [0.1, 0.15) is 56.6 Å². The molecule has 0 atom stereocenters. The average Bonchev–Trinajstić information content (AvgIpc) is 3.06. The average molecular weight is 428 g/mol. The van der Waals surface area contributed by atoms with Crippen LogP contribution in [0.25, 0.3) is 0 Å². The largest absolute Gasteiger partial charge is 0.466 e. The number of fused-ring (bicyclic) bond motifs is 1. The van der Waals surface area contributed by atoms with E-state index < -0.39 is 0 Å². The third-order valence-electron chi connectivity index (χ3n) is 7.39. The Bertz CT molecular complexity index is 788. The van der Waals surface area contributed by atoms with E-state index in [9.17, 15) is 9.59 Å². The predicted molar refractivity (Wildman–Crippen MR) is 122 cm³/mol. The number of hydrogen-bond donors (Lipinski definition) is 0. The van der Waals surface area contributed by atoms with Crippen molar-refractivity contribution in [3.05, 3.63) is 29.3 Å². The van der Waals surface area contributed by atoms with Gasteiger partial charge in [0.25, 0.3) is 0 Å². The predicted octanol–water partition coefficient (Wildman–Crippen LogP) is 3.86. The maximum absolute atomic E-state index is 13.2.